The average Bonchev–Trinajstić information content (AvgIpc) is 3.38. The number of alkyl halides is 3. The van der Waals surface area contributed by atoms with E-state index in [1.165, 1.54) is 10.9 Å². The SMILES string of the molecule is CCn1cc(-c2cccc(-n3cnn(CC(CN)=C(F)F)c3=O)c2C)cn1.O=C(O)C(F)(F)F. The second-order valence-corrected chi connectivity index (χ2v) is 6.85. The van der Waals surface area contributed by atoms with Crippen LogP contribution in [0.25, 0.3) is 16.8 Å². The summed E-state index contributed by atoms with van der Waals surface area (Å²) in [6.07, 6.45) is -1.94. The number of aryl methyl sites for hydroxylation is 1. The quantitative estimate of drug-likeness (QED) is 0.515. The van der Waals surface area contributed by atoms with Gasteiger partial charge in [0.2, 0.25) is 0 Å². The minimum Gasteiger partial charge on any atom is -0.475 e. The van der Waals surface area contributed by atoms with E-state index in [2.05, 4.69) is 10.2 Å². The van der Waals surface area contributed by atoms with E-state index in [9.17, 15) is 26.7 Å². The molecule has 0 saturated heterocycles. The third-order valence-corrected chi connectivity index (χ3v) is 4.66. The van der Waals surface area contributed by atoms with Crippen molar-refractivity contribution >= 4 is 5.97 Å². The first-order valence-electron chi connectivity index (χ1n) is 9.71. The lowest BCUT2D eigenvalue weighted by molar-refractivity contribution is -0.192. The fraction of sp³-hybridized carbons (Fsp3) is 0.300. The monoisotopic (exact) mass is 488 g/mol. The molecule has 3 N–H and O–H groups in total. The molecule has 9 nitrogen and oxygen atoms in total. The third kappa shape index (κ3) is 6.15. The van der Waals surface area contributed by atoms with Crippen LogP contribution in [0.15, 0.2) is 53.4 Å². The van der Waals surface area contributed by atoms with Gasteiger partial charge in [-0.1, -0.05) is 12.1 Å². The van der Waals surface area contributed by atoms with Crippen LogP contribution in [0.2, 0.25) is 0 Å². The Bertz CT molecular complexity index is 1240. The molecule has 2 aromatic heterocycles. The smallest absolute Gasteiger partial charge is 0.475 e. The van der Waals surface area contributed by atoms with Crippen LogP contribution in [0, 0.1) is 6.92 Å². The second kappa shape index (κ2) is 10.9. The van der Waals surface area contributed by atoms with Gasteiger partial charge in [-0.05, 0) is 31.0 Å². The number of nitrogens with two attached hydrogens (primary N) is 1. The number of aromatic nitrogens is 5. The summed E-state index contributed by atoms with van der Waals surface area (Å²) in [6.45, 7) is 3.97. The van der Waals surface area contributed by atoms with Gasteiger partial charge in [-0.2, -0.15) is 32.1 Å². The van der Waals surface area contributed by atoms with Gasteiger partial charge in [-0.3, -0.25) is 4.68 Å². The van der Waals surface area contributed by atoms with Gasteiger partial charge in [0.1, 0.15) is 6.33 Å². The van der Waals surface area contributed by atoms with E-state index < -0.39 is 23.9 Å². The number of rotatable bonds is 6. The molecule has 1 aromatic carbocycles. The predicted octanol–water partition coefficient (Wildman–Crippen LogP) is 2.97. The predicted molar refractivity (Wildman–Crippen MR) is 111 cm³/mol. The van der Waals surface area contributed by atoms with E-state index in [0.29, 0.717) is 5.69 Å². The lowest BCUT2D eigenvalue weighted by atomic mass is 10.0. The molecule has 0 saturated carbocycles. The highest BCUT2D eigenvalue weighted by Crippen LogP contribution is 2.27. The summed E-state index contributed by atoms with van der Waals surface area (Å²) in [5.41, 5.74) is 7.85. The van der Waals surface area contributed by atoms with E-state index in [-0.39, 0.29) is 18.7 Å². The molecule has 3 rings (SSSR count). The van der Waals surface area contributed by atoms with Gasteiger partial charge in [-0.15, -0.1) is 0 Å². The number of carbonyl (C=O) groups is 1. The van der Waals surface area contributed by atoms with Gasteiger partial charge < -0.3 is 10.8 Å². The summed E-state index contributed by atoms with van der Waals surface area (Å²) >= 11 is 0. The molecule has 184 valence electrons. The molecule has 34 heavy (non-hydrogen) atoms. The minimum absolute atomic E-state index is 0.320. The zero-order chi connectivity index (χ0) is 25.6. The van der Waals surface area contributed by atoms with Crippen molar-refractivity contribution in [2.45, 2.75) is 33.1 Å². The molecule has 0 atom stereocenters. The highest BCUT2D eigenvalue weighted by atomic mass is 19.4. The molecular weight excluding hydrogens is 467 g/mol. The van der Waals surface area contributed by atoms with Crippen LogP contribution in [0.5, 0.6) is 0 Å². The van der Waals surface area contributed by atoms with E-state index >= 15 is 0 Å². The third-order valence-electron chi connectivity index (χ3n) is 4.66. The lowest BCUT2D eigenvalue weighted by Crippen LogP contribution is -2.26. The Morgan fingerprint density at radius 1 is 1.21 bits per heavy atom. The van der Waals surface area contributed by atoms with Gasteiger partial charge >= 0.3 is 17.8 Å². The largest absolute Gasteiger partial charge is 0.490 e. The van der Waals surface area contributed by atoms with Gasteiger partial charge in [0.05, 0.1) is 18.4 Å². The Morgan fingerprint density at radius 3 is 2.35 bits per heavy atom. The van der Waals surface area contributed by atoms with Crippen molar-refractivity contribution < 1.29 is 31.9 Å². The Balaban J connectivity index is 0.000000509. The van der Waals surface area contributed by atoms with Crippen LogP contribution < -0.4 is 11.4 Å². The molecule has 0 radical (unpaired) electrons. The maximum absolute atomic E-state index is 12.8. The lowest BCUT2D eigenvalue weighted by Gasteiger charge is -2.10. The van der Waals surface area contributed by atoms with Crippen LogP contribution in [-0.2, 0) is 17.9 Å². The van der Waals surface area contributed by atoms with E-state index in [1.807, 2.05) is 36.9 Å². The molecule has 3 aromatic rings. The van der Waals surface area contributed by atoms with Crippen molar-refractivity contribution in [1.29, 1.82) is 0 Å². The number of nitrogens with zero attached hydrogens (tertiary/aromatic N) is 5. The van der Waals surface area contributed by atoms with Gasteiger partial charge in [0.25, 0.3) is 6.08 Å². The Labute approximate surface area is 189 Å². The molecule has 0 unspecified atom stereocenters. The Morgan fingerprint density at radius 2 is 1.85 bits per heavy atom. The number of carboxylic acids is 1. The fourth-order valence-corrected chi connectivity index (χ4v) is 2.87. The van der Waals surface area contributed by atoms with Crippen molar-refractivity contribution in [3.63, 3.8) is 0 Å². The van der Waals surface area contributed by atoms with E-state index in [4.69, 9.17) is 15.6 Å². The van der Waals surface area contributed by atoms with Gasteiger partial charge in [0, 0.05) is 30.4 Å². The van der Waals surface area contributed by atoms with Crippen LogP contribution in [0.1, 0.15) is 12.5 Å². The van der Waals surface area contributed by atoms with Gasteiger partial charge in [-0.25, -0.2) is 18.8 Å². The molecule has 0 fully saturated rings. The molecule has 2 heterocycles. The zero-order valence-corrected chi connectivity index (χ0v) is 18.1. The van der Waals surface area contributed by atoms with Crippen molar-refractivity contribution in [2.75, 3.05) is 6.54 Å². The standard InChI is InChI=1S/C18H20F2N6O.C2HF3O2/c1-3-24-9-14(8-22-24)15-5-4-6-16(12(15)2)25-11-23-26(18(25)27)10-13(7-21)17(19)20;3-2(4,5)1(6)7/h4-6,8-9,11H,3,7,10,21H2,1-2H3;(H,6,7). The number of carboxylic acid groups (broad SMARTS) is 1. The van der Waals surface area contributed by atoms with Crippen molar-refractivity contribution in [2.24, 2.45) is 5.73 Å². The highest BCUT2D eigenvalue weighted by Gasteiger charge is 2.38. The van der Waals surface area contributed by atoms with Crippen molar-refractivity contribution in [3.8, 4) is 16.8 Å². The van der Waals surface area contributed by atoms with Crippen LogP contribution in [0.3, 0.4) is 0 Å². The molecular formula is C20H21F5N6O3. The molecule has 14 heteroatoms. The Hall–Kier alpha value is -3.81. The maximum Gasteiger partial charge on any atom is 0.490 e. The molecule has 0 aliphatic rings. The molecule has 0 bridgehead atoms. The molecule has 0 amide bonds. The second-order valence-electron chi connectivity index (χ2n) is 6.85. The summed E-state index contributed by atoms with van der Waals surface area (Å²) in [6, 6.07) is 5.56. The Kier molecular flexibility index (Phi) is 8.46. The highest BCUT2D eigenvalue weighted by molar-refractivity contribution is 5.73. The first-order chi connectivity index (χ1) is 15.9. The first kappa shape index (κ1) is 26.4. The number of hydrogen-bond acceptors (Lipinski definition) is 5. The summed E-state index contributed by atoms with van der Waals surface area (Å²) < 4.78 is 61.5. The summed E-state index contributed by atoms with van der Waals surface area (Å²) in [5, 5.41) is 15.4. The number of hydrogen-bond donors (Lipinski definition) is 2. The van der Waals surface area contributed by atoms with E-state index in [0.717, 1.165) is 27.9 Å². The fourth-order valence-electron chi connectivity index (χ4n) is 2.87. The molecule has 0 aliphatic carbocycles. The summed E-state index contributed by atoms with van der Waals surface area (Å²) in [5.74, 6) is -2.76. The van der Waals surface area contributed by atoms with E-state index in [1.54, 1.807) is 12.3 Å². The molecule has 0 spiro atoms. The van der Waals surface area contributed by atoms with Gasteiger partial charge in [0.15, 0.2) is 0 Å². The first-order valence-corrected chi connectivity index (χ1v) is 9.71. The maximum atomic E-state index is 12.8. The number of benzene rings is 1. The average molecular weight is 488 g/mol. The normalized spacial score (nSPS) is 11.1. The number of aliphatic carboxylic acids is 1. The van der Waals surface area contributed by atoms with Crippen molar-refractivity contribution in [3.05, 3.63) is 64.6 Å². The molecule has 0 aliphatic heterocycles. The topological polar surface area (TPSA) is 121 Å². The van der Waals surface area contributed by atoms with Crippen molar-refractivity contribution in [1.82, 2.24) is 24.1 Å². The minimum atomic E-state index is -5.08. The van der Waals surface area contributed by atoms with Crippen LogP contribution >= 0.6 is 0 Å². The van der Waals surface area contributed by atoms with Crippen LogP contribution in [0.4, 0.5) is 22.0 Å². The summed E-state index contributed by atoms with van der Waals surface area (Å²) in [4.78, 5) is 21.5. The number of halogens is 5. The van der Waals surface area contributed by atoms with Crippen LogP contribution in [-0.4, -0.2) is 47.9 Å². The zero-order valence-electron chi connectivity index (χ0n) is 18.1. The summed E-state index contributed by atoms with van der Waals surface area (Å²) in [7, 11) is 0.